The fraction of sp³-hybridized carbons (Fsp3) is 0.100. The van der Waals surface area contributed by atoms with Gasteiger partial charge in [-0.15, -0.1) is 0 Å². The molecule has 1 aromatic heterocycles. The minimum atomic E-state index is -0.581. The molecule has 5 nitrogen and oxygen atoms in total. The number of hydrogen-bond donors (Lipinski definition) is 0. The average Bonchev–Trinajstić information content (AvgIpc) is 3.39. The lowest BCUT2D eigenvalue weighted by atomic mass is 10.0. The van der Waals surface area contributed by atoms with Crippen molar-refractivity contribution in [2.24, 2.45) is 0 Å². The van der Waals surface area contributed by atoms with E-state index in [1.807, 2.05) is 12.1 Å². The molecule has 0 aliphatic heterocycles. The summed E-state index contributed by atoms with van der Waals surface area (Å²) in [4.78, 5) is 12.0. The van der Waals surface area contributed by atoms with Crippen molar-refractivity contribution >= 4 is 80.5 Å². The van der Waals surface area contributed by atoms with Gasteiger partial charge in [0.05, 0.1) is 40.4 Å². The molecule has 41 heavy (non-hydrogen) atoms. The van der Waals surface area contributed by atoms with Gasteiger partial charge in [-0.1, -0.05) is 37.9 Å². The first kappa shape index (κ1) is 31.2. The van der Waals surface area contributed by atoms with Gasteiger partial charge in [-0.2, -0.15) is 0 Å². The van der Waals surface area contributed by atoms with Crippen molar-refractivity contribution < 1.29 is 32.2 Å². The van der Waals surface area contributed by atoms with Gasteiger partial charge in [0, 0.05) is 26.1 Å². The number of benzene rings is 4. The predicted molar refractivity (Wildman–Crippen MR) is 168 cm³/mol. The third kappa shape index (κ3) is 7.38. The minimum Gasteiger partial charge on any atom is -0.497 e. The van der Waals surface area contributed by atoms with E-state index in [9.17, 15) is 13.6 Å². The summed E-state index contributed by atoms with van der Waals surface area (Å²) in [5.41, 5.74) is 1.78. The number of Topliss-reactive ketones (excluding diaryl/α,β-unsaturated/α-hetero) is 1. The molecule has 5 rings (SSSR count). The van der Waals surface area contributed by atoms with Crippen molar-refractivity contribution in [2.45, 2.75) is 0 Å². The van der Waals surface area contributed by atoms with E-state index in [2.05, 4.69) is 63.7 Å². The van der Waals surface area contributed by atoms with E-state index in [1.165, 1.54) is 25.3 Å². The molecule has 0 aliphatic carbocycles. The Morgan fingerprint density at radius 3 is 2.10 bits per heavy atom. The molecule has 0 saturated heterocycles. The molecule has 11 heteroatoms. The van der Waals surface area contributed by atoms with E-state index in [4.69, 9.17) is 18.6 Å². The summed E-state index contributed by atoms with van der Waals surface area (Å²) in [6.45, 7) is -0.260. The van der Waals surface area contributed by atoms with Crippen LogP contribution in [0.5, 0.6) is 17.2 Å². The predicted octanol–water partition coefficient (Wildman–Crippen LogP) is 10.4. The van der Waals surface area contributed by atoms with Crippen LogP contribution in [0.1, 0.15) is 10.4 Å². The SMILES string of the molecule is COc1ccc(Br)c(OCC(=O)c2ccc(Br)cc2F)c1.COc1ccc(Br)c2occ(-c3ccc(Br)cc3F)c12. The quantitative estimate of drug-likeness (QED) is 0.153. The summed E-state index contributed by atoms with van der Waals surface area (Å²) in [7, 11) is 3.12. The highest BCUT2D eigenvalue weighted by atomic mass is 79.9. The molecule has 0 amide bonds. The standard InChI is InChI=1S/C15H11Br2FO3.C15H9Br2FO2/c1-20-10-3-5-12(17)15(7-10)21-8-14(19)11-4-2-9(16)6-13(11)18;1-19-13-5-4-11(17)15-14(13)10(7-20-15)9-3-2-8(16)6-12(9)18/h2-7H,8H2,1H3;2-7H,1H3. The number of carbonyl (C=O) groups is 1. The van der Waals surface area contributed by atoms with Crippen molar-refractivity contribution in [3.05, 3.63) is 108 Å². The fourth-order valence-corrected chi connectivity index (χ4v) is 5.27. The fourth-order valence-electron chi connectivity index (χ4n) is 3.82. The Labute approximate surface area is 268 Å². The van der Waals surface area contributed by atoms with E-state index in [-0.39, 0.29) is 18.0 Å². The Kier molecular flexibility index (Phi) is 10.6. The molecule has 0 aliphatic rings. The summed E-state index contributed by atoms with van der Waals surface area (Å²) in [5, 5.41) is 0.753. The van der Waals surface area contributed by atoms with Crippen LogP contribution in [-0.4, -0.2) is 26.6 Å². The molecule has 0 spiro atoms. The van der Waals surface area contributed by atoms with Crippen LogP contribution in [0, 0.1) is 11.6 Å². The lowest BCUT2D eigenvalue weighted by Gasteiger charge is -2.09. The van der Waals surface area contributed by atoms with Gasteiger partial charge in [0.15, 0.2) is 12.2 Å². The maximum absolute atomic E-state index is 14.2. The van der Waals surface area contributed by atoms with Crippen LogP contribution in [-0.2, 0) is 0 Å². The molecule has 0 N–H and O–H groups in total. The number of ketones is 1. The number of halogens is 6. The van der Waals surface area contributed by atoms with Crippen LogP contribution in [0.4, 0.5) is 8.78 Å². The third-order valence-corrected chi connectivity index (χ3v) is 8.07. The van der Waals surface area contributed by atoms with E-state index in [0.29, 0.717) is 47.4 Å². The zero-order valence-corrected chi connectivity index (χ0v) is 27.8. The lowest BCUT2D eigenvalue weighted by molar-refractivity contribution is 0.0916. The Morgan fingerprint density at radius 2 is 1.44 bits per heavy atom. The summed E-state index contributed by atoms with van der Waals surface area (Å²) in [5.74, 6) is 0.381. The van der Waals surface area contributed by atoms with Gasteiger partial charge in [0.2, 0.25) is 5.78 Å². The lowest BCUT2D eigenvalue weighted by Crippen LogP contribution is -2.13. The molecule has 5 aromatic rings. The number of hydrogen-bond acceptors (Lipinski definition) is 5. The Bertz CT molecular complexity index is 1720. The zero-order chi connectivity index (χ0) is 29.7. The second-order valence-corrected chi connectivity index (χ2v) is 11.9. The highest BCUT2D eigenvalue weighted by Crippen LogP contribution is 2.41. The summed E-state index contributed by atoms with van der Waals surface area (Å²) in [6.07, 6.45) is 1.55. The molecule has 1 heterocycles. The monoisotopic (exact) mass is 814 g/mol. The molecule has 0 saturated carbocycles. The second kappa shape index (κ2) is 14.0. The number of ether oxygens (including phenoxy) is 3. The largest absolute Gasteiger partial charge is 0.497 e. The van der Waals surface area contributed by atoms with E-state index in [0.717, 1.165) is 9.86 Å². The molecule has 0 bridgehead atoms. The summed E-state index contributed by atoms with van der Waals surface area (Å²) in [6, 6.07) is 18.0. The van der Waals surface area contributed by atoms with Gasteiger partial charge < -0.3 is 18.6 Å². The van der Waals surface area contributed by atoms with Crippen LogP contribution in [0.15, 0.2) is 95.3 Å². The minimum absolute atomic E-state index is 0.00258. The van der Waals surface area contributed by atoms with Gasteiger partial charge in [-0.25, -0.2) is 8.78 Å². The second-order valence-electron chi connectivity index (χ2n) is 8.36. The molecular weight excluding hydrogens is 798 g/mol. The normalized spacial score (nSPS) is 10.6. The Morgan fingerprint density at radius 1 is 0.756 bits per heavy atom. The number of fused-ring (bicyclic) bond motifs is 1. The maximum atomic E-state index is 14.2. The first-order chi connectivity index (χ1) is 19.6. The number of methoxy groups -OCH3 is 2. The van der Waals surface area contributed by atoms with E-state index in [1.54, 1.807) is 49.8 Å². The maximum Gasteiger partial charge on any atom is 0.203 e. The molecule has 4 aromatic carbocycles. The number of rotatable bonds is 7. The molecule has 212 valence electrons. The summed E-state index contributed by atoms with van der Waals surface area (Å²) < 4.78 is 52.0. The van der Waals surface area contributed by atoms with Gasteiger partial charge in [-0.05, 0) is 86.5 Å². The topological polar surface area (TPSA) is 57.9 Å². The highest BCUT2D eigenvalue weighted by Gasteiger charge is 2.18. The molecule has 0 radical (unpaired) electrons. The van der Waals surface area contributed by atoms with Crippen molar-refractivity contribution in [2.75, 3.05) is 20.8 Å². The Balaban J connectivity index is 0.000000189. The van der Waals surface area contributed by atoms with Gasteiger partial charge in [-0.3, -0.25) is 4.79 Å². The smallest absolute Gasteiger partial charge is 0.203 e. The number of carbonyl (C=O) groups excluding carboxylic acids is 1. The van der Waals surface area contributed by atoms with Crippen molar-refractivity contribution in [1.82, 2.24) is 0 Å². The molecule has 0 unspecified atom stereocenters. The van der Waals surface area contributed by atoms with E-state index >= 15 is 0 Å². The molecule has 0 fully saturated rings. The average molecular weight is 818 g/mol. The van der Waals surface area contributed by atoms with Crippen LogP contribution < -0.4 is 14.2 Å². The summed E-state index contributed by atoms with van der Waals surface area (Å²) >= 11 is 13.1. The van der Waals surface area contributed by atoms with Crippen LogP contribution >= 0.6 is 63.7 Å². The van der Waals surface area contributed by atoms with Gasteiger partial charge in [0.25, 0.3) is 0 Å². The van der Waals surface area contributed by atoms with Crippen molar-refractivity contribution in [1.29, 1.82) is 0 Å². The van der Waals surface area contributed by atoms with Gasteiger partial charge >= 0.3 is 0 Å². The van der Waals surface area contributed by atoms with Crippen molar-refractivity contribution in [3.63, 3.8) is 0 Å². The van der Waals surface area contributed by atoms with Crippen LogP contribution in [0.25, 0.3) is 22.1 Å². The van der Waals surface area contributed by atoms with E-state index < -0.39 is 11.6 Å². The van der Waals surface area contributed by atoms with Crippen LogP contribution in [0.2, 0.25) is 0 Å². The molecule has 0 atom stereocenters. The van der Waals surface area contributed by atoms with Crippen LogP contribution in [0.3, 0.4) is 0 Å². The first-order valence-corrected chi connectivity index (χ1v) is 14.9. The Hall–Kier alpha value is -2.73. The number of furan rings is 1. The first-order valence-electron chi connectivity index (χ1n) is 11.8. The molecular formula is C30H20Br4F2O5. The third-order valence-electron chi connectivity index (χ3n) is 5.81. The van der Waals surface area contributed by atoms with Crippen molar-refractivity contribution in [3.8, 4) is 28.4 Å². The zero-order valence-electron chi connectivity index (χ0n) is 21.4. The highest BCUT2D eigenvalue weighted by molar-refractivity contribution is 9.11. The van der Waals surface area contributed by atoms with Gasteiger partial charge in [0.1, 0.15) is 28.9 Å².